The average Bonchev–Trinajstić information content (AvgIpc) is 2.74. The maximum atomic E-state index is 11.6. The Morgan fingerprint density at radius 1 is 1.32 bits per heavy atom. The molecule has 6 heteroatoms. The Morgan fingerprint density at radius 3 is 2.45 bits per heavy atom. The zero-order chi connectivity index (χ0) is 17.0. The molecule has 6 nitrogen and oxygen atoms in total. The average molecular weight is 310 g/mol. The molecule has 0 radical (unpaired) electrons. The minimum absolute atomic E-state index is 0.00693. The fourth-order valence-corrected chi connectivity index (χ4v) is 1.81. The van der Waals surface area contributed by atoms with Crippen LogP contribution in [0.3, 0.4) is 0 Å². The molecular formula is C16H30N4O2. The number of carbonyl (C=O) groups is 1. The SMILES string of the molecule is CC(CNCc1cnn(C(C)(C)C)c1)NC(=O)OC(C)(C)C. The summed E-state index contributed by atoms with van der Waals surface area (Å²) >= 11 is 0. The van der Waals surface area contributed by atoms with Gasteiger partial charge in [-0.1, -0.05) is 0 Å². The van der Waals surface area contributed by atoms with Crippen molar-refractivity contribution >= 4 is 6.09 Å². The Labute approximate surface area is 133 Å². The van der Waals surface area contributed by atoms with Gasteiger partial charge in [-0.05, 0) is 48.5 Å². The molecule has 0 spiro atoms. The van der Waals surface area contributed by atoms with E-state index in [2.05, 4.69) is 36.5 Å². The summed E-state index contributed by atoms with van der Waals surface area (Å²) in [4.78, 5) is 11.6. The van der Waals surface area contributed by atoms with Crippen LogP contribution in [0.5, 0.6) is 0 Å². The van der Waals surface area contributed by atoms with Gasteiger partial charge in [0.15, 0.2) is 0 Å². The van der Waals surface area contributed by atoms with Crippen LogP contribution in [-0.4, -0.2) is 34.1 Å². The maximum Gasteiger partial charge on any atom is 0.407 e. The zero-order valence-electron chi connectivity index (χ0n) is 14.9. The molecule has 2 N–H and O–H groups in total. The summed E-state index contributed by atoms with van der Waals surface area (Å²) < 4.78 is 7.17. The van der Waals surface area contributed by atoms with Gasteiger partial charge >= 0.3 is 6.09 Å². The number of ether oxygens (including phenoxy) is 1. The molecule has 1 atom stereocenters. The third-order valence-electron chi connectivity index (χ3n) is 2.87. The van der Waals surface area contributed by atoms with Gasteiger partial charge in [0.05, 0.1) is 11.7 Å². The third-order valence-corrected chi connectivity index (χ3v) is 2.87. The predicted octanol–water partition coefficient (Wildman–Crippen LogP) is 2.64. The molecule has 0 fully saturated rings. The van der Waals surface area contributed by atoms with Gasteiger partial charge in [0.1, 0.15) is 5.60 Å². The van der Waals surface area contributed by atoms with Gasteiger partial charge in [-0.15, -0.1) is 0 Å². The van der Waals surface area contributed by atoms with Crippen LogP contribution in [0.1, 0.15) is 54.0 Å². The lowest BCUT2D eigenvalue weighted by atomic mass is 10.1. The number of amides is 1. The van der Waals surface area contributed by atoms with Crippen LogP contribution in [0, 0.1) is 0 Å². The summed E-state index contributed by atoms with van der Waals surface area (Å²) in [6.07, 6.45) is 3.52. The second-order valence-electron chi connectivity index (χ2n) is 7.64. The van der Waals surface area contributed by atoms with E-state index in [9.17, 15) is 4.79 Å². The minimum atomic E-state index is -0.473. The number of nitrogens with zero attached hydrogens (tertiary/aromatic N) is 2. The van der Waals surface area contributed by atoms with Crippen LogP contribution >= 0.6 is 0 Å². The van der Waals surface area contributed by atoms with Crippen LogP contribution in [0.2, 0.25) is 0 Å². The van der Waals surface area contributed by atoms with Gasteiger partial charge in [0.2, 0.25) is 0 Å². The lowest BCUT2D eigenvalue weighted by molar-refractivity contribution is 0.0508. The van der Waals surface area contributed by atoms with E-state index in [1.165, 1.54) is 0 Å². The monoisotopic (exact) mass is 310 g/mol. The number of rotatable bonds is 5. The second kappa shape index (κ2) is 7.13. The Balaban J connectivity index is 2.32. The molecule has 0 aliphatic carbocycles. The summed E-state index contributed by atoms with van der Waals surface area (Å²) in [5, 5.41) is 10.5. The summed E-state index contributed by atoms with van der Waals surface area (Å²) in [6, 6.07) is -0.00693. The summed E-state index contributed by atoms with van der Waals surface area (Å²) in [5.41, 5.74) is 0.641. The van der Waals surface area contributed by atoms with Crippen LogP contribution in [0.4, 0.5) is 4.79 Å². The van der Waals surface area contributed by atoms with E-state index in [1.807, 2.05) is 44.8 Å². The predicted molar refractivity (Wildman–Crippen MR) is 87.8 cm³/mol. The van der Waals surface area contributed by atoms with E-state index in [4.69, 9.17) is 4.74 Å². The van der Waals surface area contributed by atoms with E-state index < -0.39 is 5.60 Å². The van der Waals surface area contributed by atoms with Crippen LogP contribution in [0.25, 0.3) is 0 Å². The number of alkyl carbamates (subject to hydrolysis) is 1. The molecule has 1 aromatic rings. The second-order valence-corrected chi connectivity index (χ2v) is 7.64. The van der Waals surface area contributed by atoms with Gasteiger partial charge in [0, 0.05) is 30.9 Å². The van der Waals surface area contributed by atoms with Crippen molar-refractivity contribution in [3.8, 4) is 0 Å². The molecule has 22 heavy (non-hydrogen) atoms. The number of carbonyl (C=O) groups excluding carboxylic acids is 1. The van der Waals surface area contributed by atoms with Crippen LogP contribution < -0.4 is 10.6 Å². The first kappa shape index (κ1) is 18.5. The molecule has 0 aliphatic heterocycles. The molecule has 0 saturated carbocycles. The largest absolute Gasteiger partial charge is 0.444 e. The van der Waals surface area contributed by atoms with Gasteiger partial charge < -0.3 is 15.4 Å². The van der Waals surface area contributed by atoms with Gasteiger partial charge in [-0.2, -0.15) is 5.10 Å². The van der Waals surface area contributed by atoms with Crippen molar-refractivity contribution in [2.45, 2.75) is 72.2 Å². The highest BCUT2D eigenvalue weighted by molar-refractivity contribution is 5.68. The van der Waals surface area contributed by atoms with Crippen molar-refractivity contribution in [3.63, 3.8) is 0 Å². The molecule has 0 aliphatic rings. The first-order valence-corrected chi connectivity index (χ1v) is 7.71. The van der Waals surface area contributed by atoms with E-state index in [0.717, 1.165) is 12.1 Å². The van der Waals surface area contributed by atoms with Crippen molar-refractivity contribution in [2.24, 2.45) is 0 Å². The molecule has 1 aromatic heterocycles. The molecular weight excluding hydrogens is 280 g/mol. The topological polar surface area (TPSA) is 68.2 Å². The molecule has 0 bridgehead atoms. The molecule has 1 unspecified atom stereocenters. The fourth-order valence-electron chi connectivity index (χ4n) is 1.81. The maximum absolute atomic E-state index is 11.6. The lowest BCUT2D eigenvalue weighted by Crippen LogP contribution is -2.42. The van der Waals surface area contributed by atoms with Crippen molar-refractivity contribution in [2.75, 3.05) is 6.54 Å². The number of hydrogen-bond donors (Lipinski definition) is 2. The quantitative estimate of drug-likeness (QED) is 0.877. The summed E-state index contributed by atoms with van der Waals surface area (Å²) in [5.74, 6) is 0. The summed E-state index contributed by atoms with van der Waals surface area (Å²) in [7, 11) is 0. The molecule has 1 rings (SSSR count). The van der Waals surface area contributed by atoms with Crippen LogP contribution in [-0.2, 0) is 16.8 Å². The van der Waals surface area contributed by atoms with E-state index in [0.29, 0.717) is 6.54 Å². The Morgan fingerprint density at radius 2 is 1.95 bits per heavy atom. The van der Waals surface area contributed by atoms with E-state index in [1.54, 1.807) is 0 Å². The van der Waals surface area contributed by atoms with E-state index in [-0.39, 0.29) is 17.7 Å². The molecule has 1 amide bonds. The van der Waals surface area contributed by atoms with Gasteiger partial charge in [-0.3, -0.25) is 4.68 Å². The highest BCUT2D eigenvalue weighted by Crippen LogP contribution is 2.13. The first-order chi connectivity index (χ1) is 9.97. The fraction of sp³-hybridized carbons (Fsp3) is 0.750. The third kappa shape index (κ3) is 6.93. The van der Waals surface area contributed by atoms with Gasteiger partial charge in [0.25, 0.3) is 0 Å². The van der Waals surface area contributed by atoms with Crippen molar-refractivity contribution < 1.29 is 9.53 Å². The zero-order valence-corrected chi connectivity index (χ0v) is 14.9. The normalized spacial score (nSPS) is 13.8. The number of hydrogen-bond acceptors (Lipinski definition) is 4. The van der Waals surface area contributed by atoms with Crippen LogP contribution in [0.15, 0.2) is 12.4 Å². The standard InChI is InChI=1S/C16H30N4O2/c1-12(19-14(21)22-16(5,6)7)8-17-9-13-10-18-20(11-13)15(2,3)4/h10-12,17H,8-9H2,1-7H3,(H,19,21). The molecule has 0 aromatic carbocycles. The lowest BCUT2D eigenvalue weighted by Gasteiger charge is -2.22. The van der Waals surface area contributed by atoms with Gasteiger partial charge in [-0.25, -0.2) is 4.79 Å². The number of nitrogens with one attached hydrogen (secondary N) is 2. The highest BCUT2D eigenvalue weighted by Gasteiger charge is 2.17. The van der Waals surface area contributed by atoms with Crippen molar-refractivity contribution in [1.29, 1.82) is 0 Å². The molecule has 126 valence electrons. The summed E-state index contributed by atoms with van der Waals surface area (Å²) in [6.45, 7) is 15.2. The first-order valence-electron chi connectivity index (χ1n) is 7.71. The Bertz CT molecular complexity index is 483. The number of aromatic nitrogens is 2. The van der Waals surface area contributed by atoms with E-state index >= 15 is 0 Å². The van der Waals surface area contributed by atoms with Crippen molar-refractivity contribution in [1.82, 2.24) is 20.4 Å². The molecule has 1 heterocycles. The smallest absolute Gasteiger partial charge is 0.407 e. The Kier molecular flexibility index (Phi) is 6.00. The molecule has 0 saturated heterocycles. The Hall–Kier alpha value is -1.56. The van der Waals surface area contributed by atoms with Crippen molar-refractivity contribution in [3.05, 3.63) is 18.0 Å². The minimum Gasteiger partial charge on any atom is -0.444 e. The highest BCUT2D eigenvalue weighted by atomic mass is 16.6.